The van der Waals surface area contributed by atoms with Crippen molar-refractivity contribution in [2.45, 2.75) is 6.92 Å². The molecule has 1 aliphatic heterocycles. The first-order valence-electron chi connectivity index (χ1n) is 5.18. The molecule has 0 saturated carbocycles. The minimum absolute atomic E-state index is 0.157. The van der Waals surface area contributed by atoms with E-state index in [0.717, 1.165) is 0 Å². The molecule has 92 valence electrons. The lowest BCUT2D eigenvalue weighted by Crippen LogP contribution is -2.35. The lowest BCUT2D eigenvalue weighted by Gasteiger charge is -2.19. The zero-order valence-electron chi connectivity index (χ0n) is 9.39. The second-order valence-corrected chi connectivity index (χ2v) is 3.77. The van der Waals surface area contributed by atoms with Crippen LogP contribution in [-0.4, -0.2) is 24.9 Å². The van der Waals surface area contributed by atoms with Gasteiger partial charge in [0.1, 0.15) is 0 Å². The summed E-state index contributed by atoms with van der Waals surface area (Å²) in [4.78, 5) is 27.5. The van der Waals surface area contributed by atoms with Crippen molar-refractivity contribution < 1.29 is 22.9 Å². The molecule has 4 nitrogen and oxygen atoms in total. The number of hydrogen-bond acceptors (Lipinski definition) is 4. The SMILES string of the molecule is CC1=Nc2ccccc2C(=O)C1C(=O)OB(F)F. The molecule has 2 rings (SSSR count). The molecule has 1 aliphatic rings. The summed E-state index contributed by atoms with van der Waals surface area (Å²) in [6.45, 7) is 1.44. The molecule has 0 amide bonds. The van der Waals surface area contributed by atoms with Gasteiger partial charge >= 0.3 is 13.4 Å². The number of benzene rings is 1. The van der Waals surface area contributed by atoms with E-state index in [1.165, 1.54) is 13.0 Å². The summed E-state index contributed by atoms with van der Waals surface area (Å²) >= 11 is 0. The summed E-state index contributed by atoms with van der Waals surface area (Å²) < 4.78 is 27.8. The van der Waals surface area contributed by atoms with E-state index < -0.39 is 25.1 Å². The summed E-state index contributed by atoms with van der Waals surface area (Å²) in [6, 6.07) is 6.42. The molecule has 1 aromatic carbocycles. The van der Waals surface area contributed by atoms with Crippen LogP contribution in [0.4, 0.5) is 14.3 Å². The van der Waals surface area contributed by atoms with Crippen LogP contribution in [0, 0.1) is 5.92 Å². The maximum Gasteiger partial charge on any atom is 0.798 e. The van der Waals surface area contributed by atoms with Gasteiger partial charge in [0, 0.05) is 11.3 Å². The first-order valence-corrected chi connectivity index (χ1v) is 5.18. The summed E-state index contributed by atoms with van der Waals surface area (Å²) in [6.07, 6.45) is 0. The Kier molecular flexibility index (Phi) is 3.22. The summed E-state index contributed by atoms with van der Waals surface area (Å²) in [5, 5.41) is 0. The normalized spacial score (nSPS) is 17.8. The molecule has 0 aromatic heterocycles. The quantitative estimate of drug-likeness (QED) is 0.597. The van der Waals surface area contributed by atoms with E-state index >= 15 is 0 Å². The monoisotopic (exact) mass is 251 g/mol. The fourth-order valence-electron chi connectivity index (χ4n) is 1.81. The van der Waals surface area contributed by atoms with Crippen LogP contribution in [0.2, 0.25) is 0 Å². The zero-order chi connectivity index (χ0) is 13.3. The lowest BCUT2D eigenvalue weighted by molar-refractivity contribution is -0.136. The number of halogens is 2. The molecule has 0 N–H and O–H groups in total. The molecule has 7 heteroatoms. The molecule has 1 heterocycles. The predicted molar refractivity (Wildman–Crippen MR) is 61.1 cm³/mol. The number of hydrogen-bond donors (Lipinski definition) is 0. The van der Waals surface area contributed by atoms with E-state index in [-0.39, 0.29) is 11.3 Å². The number of carbonyl (C=O) groups excluding carboxylic acids is 2. The van der Waals surface area contributed by atoms with E-state index in [0.29, 0.717) is 5.69 Å². The van der Waals surface area contributed by atoms with Crippen LogP contribution in [0.25, 0.3) is 0 Å². The van der Waals surface area contributed by atoms with Gasteiger partial charge in [-0.2, -0.15) is 0 Å². The van der Waals surface area contributed by atoms with Gasteiger partial charge in [0.2, 0.25) is 0 Å². The second-order valence-electron chi connectivity index (χ2n) is 3.77. The molecule has 18 heavy (non-hydrogen) atoms. The smallest absolute Gasteiger partial charge is 0.477 e. The minimum Gasteiger partial charge on any atom is -0.477 e. The van der Waals surface area contributed by atoms with Crippen molar-refractivity contribution in [2.75, 3.05) is 0 Å². The predicted octanol–water partition coefficient (Wildman–Crippen LogP) is 2.06. The molecule has 0 saturated heterocycles. The van der Waals surface area contributed by atoms with Gasteiger partial charge in [0.15, 0.2) is 11.7 Å². The molecular formula is C11H8BF2NO3. The van der Waals surface area contributed by atoms with Crippen molar-refractivity contribution in [1.82, 2.24) is 0 Å². The molecule has 1 unspecified atom stereocenters. The molecule has 0 aliphatic carbocycles. The van der Waals surface area contributed by atoms with E-state index in [2.05, 4.69) is 9.65 Å². The molecule has 0 bridgehead atoms. The van der Waals surface area contributed by atoms with E-state index in [1.807, 2.05) is 0 Å². The maximum absolute atomic E-state index is 12.0. The third-order valence-electron chi connectivity index (χ3n) is 2.59. The van der Waals surface area contributed by atoms with Crippen molar-refractivity contribution in [2.24, 2.45) is 10.9 Å². The summed E-state index contributed by atoms with van der Waals surface area (Å²) in [5.74, 6) is -3.22. The molecule has 0 spiro atoms. The summed E-state index contributed by atoms with van der Waals surface area (Å²) in [5.41, 5.74) is 0.824. The van der Waals surface area contributed by atoms with Gasteiger partial charge in [-0.05, 0) is 19.1 Å². The Morgan fingerprint density at radius 2 is 2.06 bits per heavy atom. The topological polar surface area (TPSA) is 55.7 Å². The highest BCUT2D eigenvalue weighted by molar-refractivity contribution is 6.39. The number of carbonyl (C=O) groups is 2. The first-order chi connectivity index (χ1) is 8.50. The molecule has 0 radical (unpaired) electrons. The Hall–Kier alpha value is -2.05. The number of fused-ring (bicyclic) bond motifs is 1. The Morgan fingerprint density at radius 1 is 1.39 bits per heavy atom. The molecule has 0 fully saturated rings. The van der Waals surface area contributed by atoms with Gasteiger partial charge in [-0.1, -0.05) is 12.1 Å². The third kappa shape index (κ3) is 2.16. The zero-order valence-corrected chi connectivity index (χ0v) is 9.39. The molecule has 1 aromatic rings. The largest absolute Gasteiger partial charge is 0.798 e. The standard InChI is InChI=1S/C11H8BF2NO3/c1-6-9(11(17)18-12(13)14)10(16)7-4-2-3-5-8(7)15-6/h2-5,9H,1H3. The van der Waals surface area contributed by atoms with Crippen LogP contribution in [-0.2, 0) is 9.45 Å². The van der Waals surface area contributed by atoms with Crippen molar-refractivity contribution in [3.8, 4) is 0 Å². The number of para-hydroxylation sites is 1. The minimum atomic E-state index is -3.24. The average molecular weight is 251 g/mol. The van der Waals surface area contributed by atoms with Gasteiger partial charge < -0.3 is 4.65 Å². The number of rotatable bonds is 2. The van der Waals surface area contributed by atoms with E-state index in [4.69, 9.17) is 0 Å². The fraction of sp³-hybridized carbons (Fsp3) is 0.182. The lowest BCUT2D eigenvalue weighted by atomic mass is 9.90. The Morgan fingerprint density at radius 3 is 2.72 bits per heavy atom. The van der Waals surface area contributed by atoms with Crippen LogP contribution in [0.15, 0.2) is 29.3 Å². The van der Waals surface area contributed by atoms with E-state index in [9.17, 15) is 18.2 Å². The van der Waals surface area contributed by atoms with Crippen LogP contribution in [0.1, 0.15) is 17.3 Å². The fourth-order valence-corrected chi connectivity index (χ4v) is 1.81. The first kappa shape index (κ1) is 12.4. The van der Waals surface area contributed by atoms with Crippen LogP contribution >= 0.6 is 0 Å². The van der Waals surface area contributed by atoms with Crippen molar-refractivity contribution in [1.29, 1.82) is 0 Å². The number of aliphatic imine (C=N–C) groups is 1. The number of nitrogens with zero attached hydrogens (tertiary/aromatic N) is 1. The average Bonchev–Trinajstić information content (AvgIpc) is 2.27. The van der Waals surface area contributed by atoms with Crippen LogP contribution < -0.4 is 0 Å². The Balaban J connectivity index is 2.37. The number of Topliss-reactive ketones (excluding diaryl/α,β-unsaturated/α-hetero) is 1. The van der Waals surface area contributed by atoms with Crippen molar-refractivity contribution in [3.63, 3.8) is 0 Å². The Labute approximate surface area is 102 Å². The second kappa shape index (κ2) is 4.68. The maximum atomic E-state index is 12.0. The van der Waals surface area contributed by atoms with Crippen molar-refractivity contribution in [3.05, 3.63) is 29.8 Å². The van der Waals surface area contributed by atoms with Gasteiger partial charge in [-0.3, -0.25) is 14.6 Å². The van der Waals surface area contributed by atoms with E-state index in [1.54, 1.807) is 18.2 Å². The van der Waals surface area contributed by atoms with Crippen LogP contribution in [0.5, 0.6) is 0 Å². The third-order valence-corrected chi connectivity index (χ3v) is 2.59. The van der Waals surface area contributed by atoms with Crippen molar-refractivity contribution >= 4 is 30.6 Å². The number of ketones is 1. The van der Waals surface area contributed by atoms with Crippen LogP contribution in [0.3, 0.4) is 0 Å². The van der Waals surface area contributed by atoms with Gasteiger partial charge in [-0.15, -0.1) is 0 Å². The summed E-state index contributed by atoms with van der Waals surface area (Å²) in [7, 11) is -3.24. The Bertz CT molecular complexity index is 545. The molecule has 1 atom stereocenters. The van der Waals surface area contributed by atoms with Gasteiger partial charge in [-0.25, -0.2) is 8.63 Å². The highest BCUT2D eigenvalue weighted by atomic mass is 19.2. The highest BCUT2D eigenvalue weighted by Crippen LogP contribution is 2.29. The molecular weight excluding hydrogens is 243 g/mol. The highest BCUT2D eigenvalue weighted by Gasteiger charge is 2.38. The van der Waals surface area contributed by atoms with Gasteiger partial charge in [0.25, 0.3) is 0 Å². The van der Waals surface area contributed by atoms with Gasteiger partial charge in [0.05, 0.1) is 5.69 Å².